The molecule has 2 N–H and O–H groups in total. The second kappa shape index (κ2) is 4.63. The van der Waals surface area contributed by atoms with Crippen LogP contribution < -0.4 is 5.73 Å². The number of aromatic nitrogens is 1. The van der Waals surface area contributed by atoms with Crippen LogP contribution in [0.3, 0.4) is 0 Å². The molecule has 1 aromatic heterocycles. The van der Waals surface area contributed by atoms with Crippen LogP contribution in [0.2, 0.25) is 0 Å². The maximum atomic E-state index is 12.5. The Morgan fingerprint density at radius 2 is 2.00 bits per heavy atom. The van der Waals surface area contributed by atoms with E-state index in [1.54, 1.807) is 12.4 Å². The molecule has 0 spiro atoms. The average molecular weight is 310 g/mol. The van der Waals surface area contributed by atoms with Crippen LogP contribution in [0.1, 0.15) is 36.0 Å². The van der Waals surface area contributed by atoms with Gasteiger partial charge in [-0.3, -0.25) is 9.78 Å². The molecule has 4 nitrogen and oxygen atoms in total. The van der Waals surface area contributed by atoms with Gasteiger partial charge in [0.05, 0.1) is 5.56 Å². The van der Waals surface area contributed by atoms with E-state index in [0.717, 1.165) is 30.2 Å². The fourth-order valence-corrected chi connectivity index (χ4v) is 3.59. The van der Waals surface area contributed by atoms with Crippen LogP contribution in [0.4, 0.5) is 0 Å². The van der Waals surface area contributed by atoms with Crippen molar-refractivity contribution in [2.75, 3.05) is 0 Å². The number of hydrogen-bond acceptors (Lipinski definition) is 3. The first-order chi connectivity index (χ1) is 8.65. The predicted molar refractivity (Wildman–Crippen MR) is 72.1 cm³/mol. The molecule has 2 fully saturated rings. The number of carbonyl (C=O) groups is 1. The summed E-state index contributed by atoms with van der Waals surface area (Å²) >= 11 is 3.36. The zero-order valence-corrected chi connectivity index (χ0v) is 11.6. The molecule has 2 saturated heterocycles. The third kappa shape index (κ3) is 2.06. The van der Waals surface area contributed by atoms with Gasteiger partial charge in [0.2, 0.25) is 0 Å². The molecule has 1 aromatic rings. The zero-order valence-electron chi connectivity index (χ0n) is 10.1. The number of halogens is 1. The number of nitrogens with zero attached hydrogens (tertiary/aromatic N) is 2. The second-order valence-electron chi connectivity index (χ2n) is 5.22. The van der Waals surface area contributed by atoms with Crippen molar-refractivity contribution < 1.29 is 4.79 Å². The van der Waals surface area contributed by atoms with Crippen molar-refractivity contribution in [1.29, 1.82) is 0 Å². The van der Waals surface area contributed by atoms with Crippen LogP contribution in [-0.2, 0) is 0 Å². The first kappa shape index (κ1) is 12.1. The largest absolute Gasteiger partial charge is 0.333 e. The minimum atomic E-state index is 0.100. The lowest BCUT2D eigenvalue weighted by molar-refractivity contribution is 0.0574. The second-order valence-corrected chi connectivity index (χ2v) is 6.14. The normalized spacial score (nSPS) is 30.6. The summed E-state index contributed by atoms with van der Waals surface area (Å²) in [6.45, 7) is 0. The molecule has 1 amide bonds. The van der Waals surface area contributed by atoms with Crippen LogP contribution in [0.5, 0.6) is 0 Å². The summed E-state index contributed by atoms with van der Waals surface area (Å²) in [7, 11) is 0. The van der Waals surface area contributed by atoms with Crippen molar-refractivity contribution in [1.82, 2.24) is 9.88 Å². The highest BCUT2D eigenvalue weighted by Crippen LogP contribution is 2.36. The Labute approximate surface area is 115 Å². The van der Waals surface area contributed by atoms with Gasteiger partial charge < -0.3 is 10.6 Å². The summed E-state index contributed by atoms with van der Waals surface area (Å²) in [5.74, 6) is 0.100. The van der Waals surface area contributed by atoms with Crippen molar-refractivity contribution in [3.05, 3.63) is 28.5 Å². The van der Waals surface area contributed by atoms with Crippen molar-refractivity contribution in [2.24, 2.45) is 5.73 Å². The fraction of sp³-hybridized carbons (Fsp3) is 0.538. The average Bonchev–Trinajstić information content (AvgIpc) is 2.61. The van der Waals surface area contributed by atoms with Crippen molar-refractivity contribution in [3.63, 3.8) is 0 Å². The van der Waals surface area contributed by atoms with Gasteiger partial charge >= 0.3 is 0 Å². The van der Waals surface area contributed by atoms with Crippen molar-refractivity contribution >= 4 is 21.8 Å². The quantitative estimate of drug-likeness (QED) is 0.862. The first-order valence-corrected chi connectivity index (χ1v) is 7.13. The Balaban J connectivity index is 1.85. The maximum Gasteiger partial charge on any atom is 0.255 e. The highest BCUT2D eigenvalue weighted by Gasteiger charge is 2.42. The lowest BCUT2D eigenvalue weighted by Gasteiger charge is -2.37. The van der Waals surface area contributed by atoms with E-state index in [2.05, 4.69) is 20.9 Å². The van der Waals surface area contributed by atoms with E-state index < -0.39 is 0 Å². The van der Waals surface area contributed by atoms with Gasteiger partial charge in [0.1, 0.15) is 0 Å². The minimum absolute atomic E-state index is 0.100. The highest BCUT2D eigenvalue weighted by molar-refractivity contribution is 9.10. The third-order valence-corrected chi connectivity index (χ3v) is 4.39. The number of amides is 1. The number of fused-ring (bicyclic) bond motifs is 2. The molecule has 2 bridgehead atoms. The zero-order chi connectivity index (χ0) is 12.7. The SMILES string of the molecule is NC1CC2CCC(C1)N2C(=O)c1cncc(Br)c1. The number of rotatable bonds is 1. The maximum absolute atomic E-state index is 12.5. The van der Waals surface area contributed by atoms with E-state index >= 15 is 0 Å². The Bertz CT molecular complexity index is 465. The molecule has 0 saturated carbocycles. The summed E-state index contributed by atoms with van der Waals surface area (Å²) in [5, 5.41) is 0. The van der Waals surface area contributed by atoms with Gasteiger partial charge in [-0.1, -0.05) is 0 Å². The highest BCUT2D eigenvalue weighted by atomic mass is 79.9. The number of piperidine rings is 1. The standard InChI is InChI=1S/C13H16BrN3O/c14-9-3-8(6-16-7-9)13(18)17-11-1-2-12(17)5-10(15)4-11/h3,6-7,10-12H,1-2,4-5,15H2. The van der Waals surface area contributed by atoms with Gasteiger partial charge in [0, 0.05) is 35.0 Å². The van der Waals surface area contributed by atoms with E-state index in [0.29, 0.717) is 17.6 Å². The summed E-state index contributed by atoms with van der Waals surface area (Å²) in [6, 6.07) is 2.74. The molecule has 0 aliphatic carbocycles. The summed E-state index contributed by atoms with van der Waals surface area (Å²) < 4.78 is 0.842. The van der Waals surface area contributed by atoms with Crippen LogP contribution >= 0.6 is 15.9 Å². The Hall–Kier alpha value is -0.940. The van der Waals surface area contributed by atoms with Crippen LogP contribution in [0, 0.1) is 0 Å². The molecule has 2 aliphatic rings. The summed E-state index contributed by atoms with van der Waals surface area (Å²) in [6.07, 6.45) is 7.38. The lowest BCUT2D eigenvalue weighted by Crippen LogP contribution is -2.50. The van der Waals surface area contributed by atoms with Gasteiger partial charge in [-0.25, -0.2) is 0 Å². The van der Waals surface area contributed by atoms with Crippen LogP contribution in [0.25, 0.3) is 0 Å². The molecule has 2 aliphatic heterocycles. The van der Waals surface area contributed by atoms with Gasteiger partial charge in [0.15, 0.2) is 0 Å². The fourth-order valence-electron chi connectivity index (χ4n) is 3.23. The Kier molecular flexibility index (Phi) is 3.11. The molecule has 2 atom stereocenters. The predicted octanol–water partition coefficient (Wildman–Crippen LogP) is 1.94. The molecule has 2 unspecified atom stereocenters. The van der Waals surface area contributed by atoms with Crippen LogP contribution in [0.15, 0.2) is 22.9 Å². The molecule has 96 valence electrons. The van der Waals surface area contributed by atoms with E-state index in [-0.39, 0.29) is 11.9 Å². The first-order valence-electron chi connectivity index (χ1n) is 6.34. The smallest absolute Gasteiger partial charge is 0.255 e. The summed E-state index contributed by atoms with van der Waals surface area (Å²) in [5.41, 5.74) is 6.69. The van der Waals surface area contributed by atoms with Crippen LogP contribution in [-0.4, -0.2) is 33.9 Å². The Morgan fingerprint density at radius 1 is 1.33 bits per heavy atom. The van der Waals surface area contributed by atoms with E-state index in [1.165, 1.54) is 0 Å². The van der Waals surface area contributed by atoms with Crippen molar-refractivity contribution in [3.8, 4) is 0 Å². The molecule has 0 radical (unpaired) electrons. The van der Waals surface area contributed by atoms with E-state index in [4.69, 9.17) is 5.73 Å². The molecule has 0 aromatic carbocycles. The van der Waals surface area contributed by atoms with Gasteiger partial charge in [-0.15, -0.1) is 0 Å². The monoisotopic (exact) mass is 309 g/mol. The number of nitrogens with two attached hydrogens (primary N) is 1. The number of carbonyl (C=O) groups excluding carboxylic acids is 1. The molecular formula is C13H16BrN3O. The molecule has 5 heteroatoms. The topological polar surface area (TPSA) is 59.2 Å². The molecule has 3 rings (SSSR count). The molecular weight excluding hydrogens is 294 g/mol. The van der Waals surface area contributed by atoms with Gasteiger partial charge in [0.25, 0.3) is 5.91 Å². The number of pyridine rings is 1. The number of hydrogen-bond donors (Lipinski definition) is 1. The van der Waals surface area contributed by atoms with Gasteiger partial charge in [-0.2, -0.15) is 0 Å². The van der Waals surface area contributed by atoms with E-state index in [1.807, 2.05) is 11.0 Å². The van der Waals surface area contributed by atoms with Crippen molar-refractivity contribution in [2.45, 2.75) is 43.8 Å². The van der Waals surface area contributed by atoms with E-state index in [9.17, 15) is 4.79 Å². The minimum Gasteiger partial charge on any atom is -0.333 e. The van der Waals surface area contributed by atoms with Gasteiger partial charge in [-0.05, 0) is 47.7 Å². The Morgan fingerprint density at radius 3 is 2.61 bits per heavy atom. The third-order valence-electron chi connectivity index (χ3n) is 3.96. The lowest BCUT2D eigenvalue weighted by atomic mass is 9.97. The summed E-state index contributed by atoms with van der Waals surface area (Å²) in [4.78, 5) is 18.6. The molecule has 18 heavy (non-hydrogen) atoms. The molecule has 3 heterocycles.